The first kappa shape index (κ1) is 13.5. The Morgan fingerprint density at radius 2 is 1.67 bits per heavy atom. The third-order valence-corrected chi connectivity index (χ3v) is 3.70. The topological polar surface area (TPSA) is 40.1 Å². The standard InChI is InChI=1S/C14H13BrO2S/c15-14-6-4-11(5-7-14)8-12-2-1-3-13(9-12)10-18(16)17/h1-7,9H,8,10H2,(H,16,17)/p-1. The zero-order chi connectivity index (χ0) is 13.0. The number of rotatable bonds is 4. The van der Waals surface area contributed by atoms with Crippen molar-refractivity contribution in [2.45, 2.75) is 12.2 Å². The molecule has 0 radical (unpaired) electrons. The Morgan fingerprint density at radius 1 is 1.00 bits per heavy atom. The summed E-state index contributed by atoms with van der Waals surface area (Å²) in [5.74, 6) is 0.0776. The summed E-state index contributed by atoms with van der Waals surface area (Å²) < 4.78 is 22.4. The Balaban J connectivity index is 2.13. The van der Waals surface area contributed by atoms with E-state index in [0.717, 1.165) is 22.0 Å². The molecule has 2 rings (SSSR count). The first-order valence-electron chi connectivity index (χ1n) is 5.51. The fraction of sp³-hybridized carbons (Fsp3) is 0.143. The van der Waals surface area contributed by atoms with Gasteiger partial charge in [-0.05, 0) is 35.2 Å². The van der Waals surface area contributed by atoms with Crippen LogP contribution in [-0.4, -0.2) is 8.76 Å². The Bertz CT molecular complexity index is 552. The van der Waals surface area contributed by atoms with E-state index in [1.165, 1.54) is 5.56 Å². The lowest BCUT2D eigenvalue weighted by Crippen LogP contribution is -1.95. The molecule has 0 aliphatic rings. The van der Waals surface area contributed by atoms with Gasteiger partial charge in [-0.3, -0.25) is 4.21 Å². The van der Waals surface area contributed by atoms with Crippen molar-refractivity contribution < 1.29 is 8.76 Å². The molecule has 1 atom stereocenters. The van der Waals surface area contributed by atoms with Crippen LogP contribution in [0.4, 0.5) is 0 Å². The number of hydrogen-bond acceptors (Lipinski definition) is 2. The molecule has 2 nitrogen and oxygen atoms in total. The lowest BCUT2D eigenvalue weighted by atomic mass is 10.0. The third kappa shape index (κ3) is 4.05. The van der Waals surface area contributed by atoms with E-state index in [4.69, 9.17) is 0 Å². The van der Waals surface area contributed by atoms with Crippen molar-refractivity contribution in [2.24, 2.45) is 0 Å². The van der Waals surface area contributed by atoms with E-state index >= 15 is 0 Å². The highest BCUT2D eigenvalue weighted by Gasteiger charge is 1.99. The fourth-order valence-corrected chi connectivity index (χ4v) is 2.52. The summed E-state index contributed by atoms with van der Waals surface area (Å²) in [7, 11) is 0. The molecule has 1 unspecified atom stereocenters. The Labute approximate surface area is 117 Å². The summed E-state index contributed by atoms with van der Waals surface area (Å²) >= 11 is 1.37. The molecule has 0 N–H and O–H groups in total. The van der Waals surface area contributed by atoms with Crippen molar-refractivity contribution in [1.29, 1.82) is 0 Å². The molecule has 0 aliphatic carbocycles. The minimum absolute atomic E-state index is 0.0776. The summed E-state index contributed by atoms with van der Waals surface area (Å²) in [6.07, 6.45) is 0.812. The second-order valence-electron chi connectivity index (χ2n) is 4.07. The van der Waals surface area contributed by atoms with Gasteiger partial charge in [0.2, 0.25) is 0 Å². The van der Waals surface area contributed by atoms with Gasteiger partial charge in [-0.25, -0.2) is 0 Å². The molecule has 0 heterocycles. The number of benzene rings is 2. The average Bonchev–Trinajstić information content (AvgIpc) is 2.32. The predicted octanol–water partition coefficient (Wildman–Crippen LogP) is 3.42. The number of halogens is 1. The molecule has 4 heteroatoms. The van der Waals surface area contributed by atoms with E-state index in [1.807, 2.05) is 36.4 Å². The zero-order valence-electron chi connectivity index (χ0n) is 9.64. The van der Waals surface area contributed by atoms with Crippen LogP contribution in [0.5, 0.6) is 0 Å². The molecule has 0 aromatic heterocycles. The van der Waals surface area contributed by atoms with Crippen molar-refractivity contribution in [3.8, 4) is 0 Å². The van der Waals surface area contributed by atoms with Crippen LogP contribution in [0.15, 0.2) is 53.0 Å². The highest BCUT2D eigenvalue weighted by atomic mass is 79.9. The second-order valence-corrected chi connectivity index (χ2v) is 5.88. The molecule has 0 amide bonds. The molecule has 94 valence electrons. The highest BCUT2D eigenvalue weighted by molar-refractivity contribution is 9.10. The van der Waals surface area contributed by atoms with E-state index in [9.17, 15) is 8.76 Å². The van der Waals surface area contributed by atoms with E-state index < -0.39 is 11.1 Å². The normalized spacial score (nSPS) is 12.3. The van der Waals surface area contributed by atoms with Crippen molar-refractivity contribution in [3.05, 3.63) is 69.7 Å². The minimum Gasteiger partial charge on any atom is -0.772 e. The maximum absolute atomic E-state index is 10.7. The maximum atomic E-state index is 10.7. The van der Waals surface area contributed by atoms with Gasteiger partial charge >= 0.3 is 0 Å². The fourth-order valence-electron chi connectivity index (χ4n) is 1.80. The first-order valence-corrected chi connectivity index (χ1v) is 7.55. The van der Waals surface area contributed by atoms with Crippen LogP contribution >= 0.6 is 15.9 Å². The van der Waals surface area contributed by atoms with Crippen LogP contribution in [0.1, 0.15) is 16.7 Å². The molecule has 18 heavy (non-hydrogen) atoms. The monoisotopic (exact) mass is 323 g/mol. The zero-order valence-corrected chi connectivity index (χ0v) is 12.0. The molecule has 0 saturated heterocycles. The molecular weight excluding hydrogens is 312 g/mol. The van der Waals surface area contributed by atoms with Gasteiger partial charge in [0.25, 0.3) is 0 Å². The van der Waals surface area contributed by atoms with E-state index in [-0.39, 0.29) is 5.75 Å². The quantitative estimate of drug-likeness (QED) is 0.809. The smallest absolute Gasteiger partial charge is 0.0353 e. The van der Waals surface area contributed by atoms with Gasteiger partial charge in [-0.1, -0.05) is 63.4 Å². The highest BCUT2D eigenvalue weighted by Crippen LogP contribution is 2.15. The van der Waals surface area contributed by atoms with Gasteiger partial charge in [-0.15, -0.1) is 0 Å². The van der Waals surface area contributed by atoms with Crippen molar-refractivity contribution >= 4 is 27.0 Å². The lowest BCUT2D eigenvalue weighted by molar-refractivity contribution is 0.536. The van der Waals surface area contributed by atoms with Gasteiger partial charge < -0.3 is 4.55 Å². The van der Waals surface area contributed by atoms with E-state index in [1.54, 1.807) is 0 Å². The van der Waals surface area contributed by atoms with Crippen molar-refractivity contribution in [1.82, 2.24) is 0 Å². The number of hydrogen-bond donors (Lipinski definition) is 0. The Kier molecular flexibility index (Phi) is 4.69. The largest absolute Gasteiger partial charge is 0.772 e. The maximum Gasteiger partial charge on any atom is 0.0353 e. The average molecular weight is 324 g/mol. The van der Waals surface area contributed by atoms with Crippen molar-refractivity contribution in [2.75, 3.05) is 0 Å². The van der Waals surface area contributed by atoms with Gasteiger partial charge in [0.1, 0.15) is 0 Å². The minimum atomic E-state index is -2.03. The van der Waals surface area contributed by atoms with Crippen LogP contribution in [0.2, 0.25) is 0 Å². The molecule has 0 aliphatic heterocycles. The lowest BCUT2D eigenvalue weighted by Gasteiger charge is -2.07. The van der Waals surface area contributed by atoms with Crippen LogP contribution in [0.3, 0.4) is 0 Å². The second kappa shape index (κ2) is 6.27. The molecule has 2 aromatic rings. The first-order chi connectivity index (χ1) is 8.63. The van der Waals surface area contributed by atoms with Gasteiger partial charge in [0.05, 0.1) is 0 Å². The van der Waals surface area contributed by atoms with Gasteiger partial charge in [0.15, 0.2) is 0 Å². The van der Waals surface area contributed by atoms with Crippen LogP contribution < -0.4 is 0 Å². The molecule has 0 spiro atoms. The molecule has 0 saturated carbocycles. The Hall–Kier alpha value is -0.970. The predicted molar refractivity (Wildman–Crippen MR) is 76.0 cm³/mol. The molecule has 2 aromatic carbocycles. The van der Waals surface area contributed by atoms with Crippen LogP contribution in [0.25, 0.3) is 0 Å². The van der Waals surface area contributed by atoms with Crippen LogP contribution in [0, 0.1) is 0 Å². The van der Waals surface area contributed by atoms with E-state index in [0.29, 0.717) is 0 Å². The van der Waals surface area contributed by atoms with Gasteiger partial charge in [0, 0.05) is 10.2 Å². The van der Waals surface area contributed by atoms with Crippen LogP contribution in [-0.2, 0) is 23.3 Å². The van der Waals surface area contributed by atoms with Gasteiger partial charge in [-0.2, -0.15) is 0 Å². The summed E-state index contributed by atoms with van der Waals surface area (Å²) in [6, 6.07) is 15.8. The molecular formula is C14H12BrO2S-. The van der Waals surface area contributed by atoms with Crippen molar-refractivity contribution in [3.63, 3.8) is 0 Å². The third-order valence-electron chi connectivity index (χ3n) is 2.60. The van der Waals surface area contributed by atoms with E-state index in [2.05, 4.69) is 28.1 Å². The Morgan fingerprint density at radius 3 is 2.33 bits per heavy atom. The summed E-state index contributed by atoms with van der Waals surface area (Å²) in [5.41, 5.74) is 3.16. The summed E-state index contributed by atoms with van der Waals surface area (Å²) in [6.45, 7) is 0. The SMILES string of the molecule is O=S([O-])Cc1cccc(Cc2ccc(Br)cc2)c1. The molecule has 0 bridgehead atoms. The molecule has 0 fully saturated rings. The summed E-state index contributed by atoms with van der Waals surface area (Å²) in [5, 5.41) is 0. The summed E-state index contributed by atoms with van der Waals surface area (Å²) in [4.78, 5) is 0.